The quantitative estimate of drug-likeness (QED) is 0.711. The van der Waals surface area contributed by atoms with Gasteiger partial charge in [-0.05, 0) is 6.92 Å². The molecule has 66 valence electrons. The molecule has 1 heterocycles. The van der Waals surface area contributed by atoms with Crippen molar-refractivity contribution >= 4 is 17.3 Å². The largest absolute Gasteiger partial charge is 0.462 e. The van der Waals surface area contributed by atoms with Crippen LogP contribution in [-0.4, -0.2) is 22.7 Å². The average molecular weight is 187 g/mol. The maximum atomic E-state index is 11.1. The fraction of sp³-hybridized carbons (Fsp3) is 0.429. The lowest BCUT2D eigenvalue weighted by atomic mass is 10.4. The van der Waals surface area contributed by atoms with Crippen molar-refractivity contribution in [1.29, 1.82) is 0 Å². The minimum atomic E-state index is -0.413. The van der Waals surface area contributed by atoms with Gasteiger partial charge >= 0.3 is 5.97 Å². The number of rotatable bonds is 3. The van der Waals surface area contributed by atoms with E-state index in [2.05, 4.69) is 4.98 Å². The Morgan fingerprint density at radius 3 is 3.17 bits per heavy atom. The summed E-state index contributed by atoms with van der Waals surface area (Å²) < 4.78 is 4.75. The molecule has 1 aromatic rings. The van der Waals surface area contributed by atoms with Crippen LogP contribution in [0.25, 0.3) is 0 Å². The number of nitrogens with zero attached hydrogens (tertiary/aromatic N) is 1. The lowest BCUT2D eigenvalue weighted by molar-refractivity contribution is 0.0528. The number of aromatic nitrogens is 1. The highest BCUT2D eigenvalue weighted by molar-refractivity contribution is 7.11. The third-order valence-corrected chi connectivity index (χ3v) is 2.10. The molecule has 12 heavy (non-hydrogen) atoms. The molecule has 4 nitrogen and oxygen atoms in total. The molecule has 0 spiro atoms. The second-order valence-electron chi connectivity index (χ2n) is 2.01. The molecular formula is C7H9NO3S. The van der Waals surface area contributed by atoms with Gasteiger partial charge in [0.15, 0.2) is 0 Å². The summed E-state index contributed by atoms with van der Waals surface area (Å²) >= 11 is 1.18. The Kier molecular flexibility index (Phi) is 3.19. The number of hydrogen-bond acceptors (Lipinski definition) is 5. The Labute approximate surface area is 73.8 Å². The zero-order valence-corrected chi connectivity index (χ0v) is 7.43. The summed E-state index contributed by atoms with van der Waals surface area (Å²) in [4.78, 5) is 15.3. The molecule has 0 amide bonds. The number of aliphatic hydroxyl groups excluding tert-OH is 1. The number of carbonyl (C=O) groups excluding carboxylic acids is 1. The number of thiazole rings is 1. The van der Waals surface area contributed by atoms with Crippen LogP contribution in [0.1, 0.15) is 22.3 Å². The number of hydrogen-bond donors (Lipinski definition) is 1. The summed E-state index contributed by atoms with van der Waals surface area (Å²) in [6.45, 7) is 1.84. The van der Waals surface area contributed by atoms with Crippen molar-refractivity contribution in [3.63, 3.8) is 0 Å². The van der Waals surface area contributed by atoms with Crippen molar-refractivity contribution in [2.45, 2.75) is 13.5 Å². The molecule has 0 unspecified atom stereocenters. The number of aliphatic hydroxyl groups is 1. The highest BCUT2D eigenvalue weighted by Crippen LogP contribution is 2.14. The fourth-order valence-corrected chi connectivity index (χ4v) is 1.44. The van der Waals surface area contributed by atoms with E-state index in [1.54, 1.807) is 6.92 Å². The van der Waals surface area contributed by atoms with Gasteiger partial charge in [-0.2, -0.15) is 0 Å². The van der Waals surface area contributed by atoms with Crippen molar-refractivity contribution in [1.82, 2.24) is 4.98 Å². The minimum Gasteiger partial charge on any atom is -0.462 e. The Balaban J connectivity index is 2.79. The van der Waals surface area contributed by atoms with E-state index in [1.165, 1.54) is 16.8 Å². The molecule has 1 aromatic heterocycles. The Bertz CT molecular complexity index is 271. The van der Waals surface area contributed by atoms with Gasteiger partial charge < -0.3 is 9.84 Å². The molecule has 0 radical (unpaired) electrons. The van der Waals surface area contributed by atoms with Crippen LogP contribution < -0.4 is 0 Å². The third kappa shape index (κ3) is 1.80. The van der Waals surface area contributed by atoms with Crippen LogP contribution in [0, 0.1) is 0 Å². The standard InChI is InChI=1S/C7H9NO3S/c1-2-11-7(10)6-5(3-9)8-4-12-6/h4,9H,2-3H2,1H3. The highest BCUT2D eigenvalue weighted by Gasteiger charge is 2.14. The third-order valence-electron chi connectivity index (χ3n) is 1.25. The molecule has 1 N–H and O–H groups in total. The molecule has 5 heteroatoms. The summed E-state index contributed by atoms with van der Waals surface area (Å²) in [5.74, 6) is -0.413. The van der Waals surface area contributed by atoms with Gasteiger partial charge in [-0.25, -0.2) is 9.78 Å². The van der Waals surface area contributed by atoms with E-state index < -0.39 is 5.97 Å². The minimum absolute atomic E-state index is 0.225. The maximum absolute atomic E-state index is 11.1. The van der Waals surface area contributed by atoms with Crippen LogP contribution in [0.3, 0.4) is 0 Å². The molecular weight excluding hydrogens is 178 g/mol. The second kappa shape index (κ2) is 4.18. The molecule has 0 aromatic carbocycles. The zero-order valence-electron chi connectivity index (χ0n) is 6.61. The van der Waals surface area contributed by atoms with Gasteiger partial charge in [0.1, 0.15) is 4.88 Å². The van der Waals surface area contributed by atoms with E-state index in [0.29, 0.717) is 17.2 Å². The van der Waals surface area contributed by atoms with Crippen molar-refractivity contribution in [3.8, 4) is 0 Å². The van der Waals surface area contributed by atoms with Crippen LogP contribution in [0.5, 0.6) is 0 Å². The summed E-state index contributed by atoms with van der Waals surface area (Å²) in [5.41, 5.74) is 1.90. The monoisotopic (exact) mass is 187 g/mol. The lowest BCUT2D eigenvalue weighted by Gasteiger charge is -1.98. The van der Waals surface area contributed by atoms with Gasteiger partial charge in [-0.1, -0.05) is 0 Å². The van der Waals surface area contributed by atoms with E-state index in [1.807, 2.05) is 0 Å². The van der Waals surface area contributed by atoms with Gasteiger partial charge in [0, 0.05) is 0 Å². The Morgan fingerprint density at radius 1 is 1.83 bits per heavy atom. The topological polar surface area (TPSA) is 59.4 Å². The van der Waals surface area contributed by atoms with E-state index in [0.717, 1.165) is 0 Å². The summed E-state index contributed by atoms with van der Waals surface area (Å²) in [6, 6.07) is 0. The van der Waals surface area contributed by atoms with E-state index in [-0.39, 0.29) is 6.61 Å². The van der Waals surface area contributed by atoms with Gasteiger partial charge in [-0.3, -0.25) is 0 Å². The summed E-state index contributed by atoms with van der Waals surface area (Å²) in [7, 11) is 0. The second-order valence-corrected chi connectivity index (χ2v) is 2.86. The first kappa shape index (κ1) is 9.15. The number of ether oxygens (including phenoxy) is 1. The van der Waals surface area contributed by atoms with Gasteiger partial charge in [0.25, 0.3) is 0 Å². The molecule has 1 rings (SSSR count). The predicted molar refractivity (Wildman–Crippen MR) is 44.0 cm³/mol. The number of esters is 1. The van der Waals surface area contributed by atoms with E-state index in [9.17, 15) is 4.79 Å². The molecule has 0 aliphatic carbocycles. The first-order valence-electron chi connectivity index (χ1n) is 3.50. The van der Waals surface area contributed by atoms with Crippen molar-refractivity contribution in [2.75, 3.05) is 6.61 Å². The SMILES string of the molecule is CCOC(=O)c1scnc1CO. The van der Waals surface area contributed by atoms with Crippen LogP contribution >= 0.6 is 11.3 Å². The van der Waals surface area contributed by atoms with Crippen molar-refractivity contribution in [2.24, 2.45) is 0 Å². The van der Waals surface area contributed by atoms with Gasteiger partial charge in [0.2, 0.25) is 0 Å². The zero-order chi connectivity index (χ0) is 8.97. The normalized spacial score (nSPS) is 9.83. The van der Waals surface area contributed by atoms with Crippen LogP contribution in [0.2, 0.25) is 0 Å². The Morgan fingerprint density at radius 2 is 2.58 bits per heavy atom. The van der Waals surface area contributed by atoms with Gasteiger partial charge in [-0.15, -0.1) is 11.3 Å². The number of carbonyl (C=O) groups is 1. The van der Waals surface area contributed by atoms with Gasteiger partial charge in [0.05, 0.1) is 24.4 Å². The van der Waals surface area contributed by atoms with E-state index in [4.69, 9.17) is 9.84 Å². The maximum Gasteiger partial charge on any atom is 0.350 e. The van der Waals surface area contributed by atoms with Crippen LogP contribution in [0.15, 0.2) is 5.51 Å². The summed E-state index contributed by atoms with van der Waals surface area (Å²) in [5, 5.41) is 8.76. The first-order valence-corrected chi connectivity index (χ1v) is 4.38. The molecule has 0 atom stereocenters. The van der Waals surface area contributed by atoms with Crippen LogP contribution in [-0.2, 0) is 11.3 Å². The fourth-order valence-electron chi connectivity index (χ4n) is 0.745. The Hall–Kier alpha value is -0.940. The average Bonchev–Trinajstić information content (AvgIpc) is 2.51. The molecule has 0 bridgehead atoms. The summed E-state index contributed by atoms with van der Waals surface area (Å²) in [6.07, 6.45) is 0. The van der Waals surface area contributed by atoms with Crippen molar-refractivity contribution in [3.05, 3.63) is 16.1 Å². The highest BCUT2D eigenvalue weighted by atomic mass is 32.1. The molecule has 0 saturated heterocycles. The smallest absolute Gasteiger partial charge is 0.350 e. The molecule has 0 saturated carbocycles. The molecule has 0 aliphatic rings. The molecule has 0 fully saturated rings. The predicted octanol–water partition coefficient (Wildman–Crippen LogP) is 0.812. The van der Waals surface area contributed by atoms with E-state index >= 15 is 0 Å². The molecule has 0 aliphatic heterocycles. The first-order chi connectivity index (χ1) is 5.79. The van der Waals surface area contributed by atoms with Crippen LogP contribution in [0.4, 0.5) is 0 Å². The van der Waals surface area contributed by atoms with Crippen molar-refractivity contribution < 1.29 is 14.6 Å². The lowest BCUT2D eigenvalue weighted by Crippen LogP contribution is -2.05.